The number of phosphoric acid groups is 1. The summed E-state index contributed by atoms with van der Waals surface area (Å²) in [6.45, 7) is 4.74. The zero-order chi connectivity index (χ0) is 16.7. The maximum Gasteiger partial charge on any atom is 0.466 e. The summed E-state index contributed by atoms with van der Waals surface area (Å²) in [7, 11) is -4.64. The predicted molar refractivity (Wildman–Crippen MR) is 69.2 cm³/mol. The van der Waals surface area contributed by atoms with Crippen LogP contribution >= 0.6 is 7.82 Å². The minimum atomic E-state index is -4.64. The van der Waals surface area contributed by atoms with Gasteiger partial charge in [-0.15, -0.1) is 0 Å². The molecule has 0 heterocycles. The van der Waals surface area contributed by atoms with Crippen molar-refractivity contribution in [1.29, 1.82) is 0 Å². The molecule has 0 rings (SSSR count). The molecule has 126 valence electrons. The molecule has 0 radical (unpaired) electrons. The Morgan fingerprint density at radius 2 is 1.00 bits per heavy atom. The van der Waals surface area contributed by atoms with E-state index in [1.165, 1.54) is 13.8 Å². The van der Waals surface area contributed by atoms with E-state index in [0.717, 1.165) is 0 Å². The molecule has 0 spiro atoms. The summed E-state index contributed by atoms with van der Waals surface area (Å²) in [5, 5.41) is 0. The Hall–Kier alpha value is -1.03. The zero-order valence-electron chi connectivity index (χ0n) is 11.9. The van der Waals surface area contributed by atoms with Crippen LogP contribution in [0.3, 0.4) is 0 Å². The van der Waals surface area contributed by atoms with Crippen molar-refractivity contribution in [1.82, 2.24) is 0 Å². The first-order valence-electron chi connectivity index (χ1n) is 5.83. The van der Waals surface area contributed by atoms with Gasteiger partial charge in [-0.3, -0.25) is 9.59 Å². The van der Waals surface area contributed by atoms with Gasteiger partial charge in [-0.1, -0.05) is 0 Å². The number of esters is 2. The summed E-state index contributed by atoms with van der Waals surface area (Å²) in [4.78, 5) is 42.3. The molecule has 0 bridgehead atoms. The highest BCUT2D eigenvalue weighted by atomic mass is 31.2. The van der Waals surface area contributed by atoms with Crippen LogP contribution in [0.2, 0.25) is 0 Å². The first kappa shape index (κ1) is 22.3. The van der Waals surface area contributed by atoms with Crippen molar-refractivity contribution in [2.75, 3.05) is 39.6 Å². The normalized spacial score (nSPS) is 10.3. The molecule has 0 aliphatic heterocycles. The quantitative estimate of drug-likeness (QED) is 0.279. The minimum Gasteiger partial charge on any atom is -0.463 e. The first-order valence-corrected chi connectivity index (χ1v) is 7.40. The molecule has 0 aromatic heterocycles. The van der Waals surface area contributed by atoms with Gasteiger partial charge in [-0.05, 0) is 0 Å². The SMILES string of the molecule is CC(=O)OCCOCCOCCOC(C)=O.O=P(O)(O)O. The highest BCUT2D eigenvalue weighted by Gasteiger charge is 2.00. The molecule has 0 amide bonds. The van der Waals surface area contributed by atoms with Gasteiger partial charge in [0, 0.05) is 13.8 Å². The van der Waals surface area contributed by atoms with Crippen LogP contribution < -0.4 is 0 Å². The summed E-state index contributed by atoms with van der Waals surface area (Å²) >= 11 is 0. The molecule has 0 aliphatic carbocycles. The van der Waals surface area contributed by atoms with Gasteiger partial charge in [0.05, 0.1) is 26.4 Å². The van der Waals surface area contributed by atoms with Gasteiger partial charge in [-0.2, -0.15) is 0 Å². The largest absolute Gasteiger partial charge is 0.466 e. The van der Waals surface area contributed by atoms with E-state index in [-0.39, 0.29) is 25.2 Å². The van der Waals surface area contributed by atoms with Crippen molar-refractivity contribution in [2.45, 2.75) is 13.8 Å². The molecule has 0 unspecified atom stereocenters. The molecule has 21 heavy (non-hydrogen) atoms. The minimum absolute atomic E-state index is 0.253. The summed E-state index contributed by atoms with van der Waals surface area (Å²) in [6.07, 6.45) is 0. The van der Waals surface area contributed by atoms with E-state index in [1.54, 1.807) is 0 Å². The van der Waals surface area contributed by atoms with Gasteiger partial charge in [0.2, 0.25) is 0 Å². The number of hydrogen-bond donors (Lipinski definition) is 3. The van der Waals surface area contributed by atoms with Crippen LogP contribution in [0.1, 0.15) is 13.8 Å². The fraction of sp³-hybridized carbons (Fsp3) is 0.800. The number of ether oxygens (including phenoxy) is 4. The topological polar surface area (TPSA) is 149 Å². The van der Waals surface area contributed by atoms with E-state index < -0.39 is 7.82 Å². The zero-order valence-corrected chi connectivity index (χ0v) is 12.8. The number of carbonyl (C=O) groups excluding carboxylic acids is 2. The Kier molecular flexibility index (Phi) is 14.8. The van der Waals surface area contributed by atoms with Gasteiger partial charge in [-0.25, -0.2) is 4.57 Å². The van der Waals surface area contributed by atoms with Crippen LogP contribution in [0.4, 0.5) is 0 Å². The standard InChI is InChI=1S/C10H18O6.H3O4P/c1-9(11)15-7-5-13-3-4-14-6-8-16-10(2)12;1-5(2,3)4/h3-8H2,1-2H3;(H3,1,2,3,4). The Balaban J connectivity index is 0. The van der Waals surface area contributed by atoms with Crippen LogP contribution in [0.5, 0.6) is 0 Å². The Bertz CT molecular complexity index is 296. The van der Waals surface area contributed by atoms with Gasteiger partial charge in [0.25, 0.3) is 0 Å². The van der Waals surface area contributed by atoms with Gasteiger partial charge >= 0.3 is 19.8 Å². The van der Waals surface area contributed by atoms with Gasteiger partial charge in [0.1, 0.15) is 13.2 Å². The fourth-order valence-electron chi connectivity index (χ4n) is 0.811. The molecular weight excluding hydrogens is 311 g/mol. The number of carbonyl (C=O) groups is 2. The lowest BCUT2D eigenvalue weighted by atomic mass is 10.7. The molecule has 0 aromatic rings. The highest BCUT2D eigenvalue weighted by Crippen LogP contribution is 2.25. The van der Waals surface area contributed by atoms with Crippen molar-refractivity contribution in [3.63, 3.8) is 0 Å². The molecule has 10 nitrogen and oxygen atoms in total. The van der Waals surface area contributed by atoms with E-state index >= 15 is 0 Å². The molecule has 0 atom stereocenters. The van der Waals surface area contributed by atoms with Crippen molar-refractivity contribution in [3.05, 3.63) is 0 Å². The monoisotopic (exact) mass is 332 g/mol. The second-order valence-electron chi connectivity index (χ2n) is 3.42. The fourth-order valence-corrected chi connectivity index (χ4v) is 0.811. The van der Waals surface area contributed by atoms with Crippen molar-refractivity contribution in [2.24, 2.45) is 0 Å². The lowest BCUT2D eigenvalue weighted by Crippen LogP contribution is -2.13. The highest BCUT2D eigenvalue weighted by molar-refractivity contribution is 7.45. The molecule has 3 N–H and O–H groups in total. The van der Waals surface area contributed by atoms with Gasteiger partial charge in [0.15, 0.2) is 0 Å². The van der Waals surface area contributed by atoms with Crippen LogP contribution in [-0.4, -0.2) is 66.3 Å². The summed E-state index contributed by atoms with van der Waals surface area (Å²) in [5.41, 5.74) is 0. The molecular formula is C10H21O10P. The average Bonchev–Trinajstić information content (AvgIpc) is 2.28. The van der Waals surface area contributed by atoms with Crippen molar-refractivity contribution in [3.8, 4) is 0 Å². The molecule has 0 aromatic carbocycles. The second kappa shape index (κ2) is 13.9. The summed E-state index contributed by atoms with van der Waals surface area (Å²) in [5.74, 6) is -0.637. The molecule has 11 heteroatoms. The predicted octanol–water partition coefficient (Wildman–Crippen LogP) is -0.783. The van der Waals surface area contributed by atoms with E-state index in [1.807, 2.05) is 0 Å². The van der Waals surface area contributed by atoms with Crippen LogP contribution in [0.15, 0.2) is 0 Å². The van der Waals surface area contributed by atoms with E-state index in [9.17, 15) is 9.59 Å². The van der Waals surface area contributed by atoms with E-state index in [4.69, 9.17) is 28.7 Å². The Morgan fingerprint density at radius 3 is 1.24 bits per heavy atom. The third kappa shape index (κ3) is 38.1. The molecule has 0 aliphatic rings. The maximum atomic E-state index is 10.4. The van der Waals surface area contributed by atoms with E-state index in [0.29, 0.717) is 26.4 Å². The summed E-state index contributed by atoms with van der Waals surface area (Å²) in [6, 6.07) is 0. The van der Waals surface area contributed by atoms with Crippen LogP contribution in [0.25, 0.3) is 0 Å². The number of hydrogen-bond acceptors (Lipinski definition) is 7. The van der Waals surface area contributed by atoms with Crippen molar-refractivity contribution >= 4 is 19.8 Å². The smallest absolute Gasteiger partial charge is 0.463 e. The Labute approximate surface area is 122 Å². The number of rotatable bonds is 9. The lowest BCUT2D eigenvalue weighted by Gasteiger charge is -2.06. The van der Waals surface area contributed by atoms with Crippen LogP contribution in [0, 0.1) is 0 Å². The first-order chi connectivity index (χ1) is 9.63. The third-order valence-electron chi connectivity index (χ3n) is 1.44. The summed E-state index contributed by atoms with van der Waals surface area (Å²) < 4.78 is 28.4. The lowest BCUT2D eigenvalue weighted by molar-refractivity contribution is -0.144. The molecule has 0 fully saturated rings. The Morgan fingerprint density at radius 1 is 0.762 bits per heavy atom. The third-order valence-corrected chi connectivity index (χ3v) is 1.44. The van der Waals surface area contributed by atoms with Crippen LogP contribution in [-0.2, 0) is 33.1 Å². The molecule has 0 saturated carbocycles. The van der Waals surface area contributed by atoms with Gasteiger partial charge < -0.3 is 33.6 Å². The maximum absolute atomic E-state index is 10.4. The average molecular weight is 332 g/mol. The van der Waals surface area contributed by atoms with Crippen molar-refractivity contribution < 1.29 is 47.8 Å². The van der Waals surface area contributed by atoms with E-state index in [2.05, 4.69) is 9.47 Å². The molecule has 0 saturated heterocycles. The second-order valence-corrected chi connectivity index (χ2v) is 4.44.